The summed E-state index contributed by atoms with van der Waals surface area (Å²) in [5.74, 6) is -0.0633. The molecule has 0 heterocycles. The Morgan fingerprint density at radius 1 is 1.15 bits per heavy atom. The molecular formula is C15H21N3O2. The zero-order valence-corrected chi connectivity index (χ0v) is 11.7. The van der Waals surface area contributed by atoms with Crippen LogP contribution in [-0.2, 0) is 4.79 Å². The van der Waals surface area contributed by atoms with Gasteiger partial charge in [-0.25, -0.2) is 0 Å². The maximum atomic E-state index is 11.8. The number of rotatable bonds is 7. The number of nitrogens with one attached hydrogen (secondary N) is 3. The second-order valence-corrected chi connectivity index (χ2v) is 5.14. The van der Waals surface area contributed by atoms with Gasteiger partial charge in [0.15, 0.2) is 0 Å². The minimum absolute atomic E-state index is 0.0253. The summed E-state index contributed by atoms with van der Waals surface area (Å²) in [6.07, 6.45) is 2.19. The Morgan fingerprint density at radius 2 is 1.85 bits per heavy atom. The van der Waals surface area contributed by atoms with Gasteiger partial charge < -0.3 is 16.0 Å². The summed E-state index contributed by atoms with van der Waals surface area (Å²) in [6, 6.07) is 7.83. The molecule has 0 aromatic heterocycles. The Morgan fingerprint density at radius 3 is 2.50 bits per heavy atom. The van der Waals surface area contributed by atoms with E-state index < -0.39 is 0 Å². The molecule has 1 aliphatic rings. The van der Waals surface area contributed by atoms with Gasteiger partial charge in [0.2, 0.25) is 5.91 Å². The lowest BCUT2D eigenvalue weighted by atomic mass is 10.1. The number of amides is 2. The predicted molar refractivity (Wildman–Crippen MR) is 77.5 cm³/mol. The smallest absolute Gasteiger partial charge is 0.251 e. The molecule has 1 fully saturated rings. The van der Waals surface area contributed by atoms with Gasteiger partial charge in [0.1, 0.15) is 0 Å². The molecule has 0 saturated heterocycles. The number of hydrogen-bond acceptors (Lipinski definition) is 3. The third-order valence-electron chi connectivity index (χ3n) is 3.13. The third kappa shape index (κ3) is 5.01. The molecule has 5 heteroatoms. The Labute approximate surface area is 119 Å². The van der Waals surface area contributed by atoms with E-state index in [0.29, 0.717) is 31.2 Å². The van der Waals surface area contributed by atoms with Crippen LogP contribution in [0.15, 0.2) is 24.3 Å². The van der Waals surface area contributed by atoms with E-state index in [4.69, 9.17) is 0 Å². The first-order chi connectivity index (χ1) is 9.65. The lowest BCUT2D eigenvalue weighted by Crippen LogP contribution is -2.38. The minimum atomic E-state index is -0.0887. The molecule has 0 bridgehead atoms. The maximum absolute atomic E-state index is 11.8. The van der Waals surface area contributed by atoms with E-state index >= 15 is 0 Å². The highest BCUT2D eigenvalue weighted by molar-refractivity contribution is 5.94. The summed E-state index contributed by atoms with van der Waals surface area (Å²) in [5.41, 5.74) is 1.78. The summed E-state index contributed by atoms with van der Waals surface area (Å²) < 4.78 is 0. The van der Waals surface area contributed by atoms with Crippen molar-refractivity contribution in [2.45, 2.75) is 25.8 Å². The first kappa shape index (κ1) is 14.5. The van der Waals surface area contributed by atoms with Gasteiger partial charge in [0.05, 0.1) is 6.54 Å². The third-order valence-corrected chi connectivity index (χ3v) is 3.13. The summed E-state index contributed by atoms with van der Waals surface area (Å²) in [5, 5.41) is 8.72. The van der Waals surface area contributed by atoms with Crippen LogP contribution in [0, 0.1) is 6.92 Å². The molecule has 1 saturated carbocycles. The molecule has 3 N–H and O–H groups in total. The Balaban J connectivity index is 1.57. The standard InChI is InChI=1S/C15H21N3O2/c1-11-2-4-12(5-3-11)15(20)17-9-8-16-10-14(19)18-13-6-7-13/h2-5,13,16H,6-10H2,1H3,(H,17,20)(H,18,19). The van der Waals surface area contributed by atoms with Gasteiger partial charge in [0.25, 0.3) is 5.91 Å². The molecule has 0 radical (unpaired) electrons. The fraction of sp³-hybridized carbons (Fsp3) is 0.467. The van der Waals surface area contributed by atoms with E-state index in [-0.39, 0.29) is 11.8 Å². The molecule has 5 nitrogen and oxygen atoms in total. The summed E-state index contributed by atoms with van der Waals surface area (Å²) in [7, 11) is 0. The van der Waals surface area contributed by atoms with Crippen LogP contribution < -0.4 is 16.0 Å². The molecule has 2 amide bonds. The van der Waals surface area contributed by atoms with Crippen molar-refractivity contribution in [1.82, 2.24) is 16.0 Å². The zero-order valence-electron chi connectivity index (χ0n) is 11.7. The number of carbonyl (C=O) groups is 2. The van der Waals surface area contributed by atoms with Crippen LogP contribution >= 0.6 is 0 Å². The Bertz CT molecular complexity index is 467. The van der Waals surface area contributed by atoms with Crippen LogP contribution in [-0.4, -0.2) is 37.5 Å². The molecular weight excluding hydrogens is 254 g/mol. The van der Waals surface area contributed by atoms with Crippen molar-refractivity contribution in [3.63, 3.8) is 0 Å². The topological polar surface area (TPSA) is 70.2 Å². The molecule has 0 atom stereocenters. The summed E-state index contributed by atoms with van der Waals surface area (Å²) >= 11 is 0. The van der Waals surface area contributed by atoms with Crippen molar-refractivity contribution in [3.8, 4) is 0 Å². The SMILES string of the molecule is Cc1ccc(C(=O)NCCNCC(=O)NC2CC2)cc1. The highest BCUT2D eigenvalue weighted by atomic mass is 16.2. The molecule has 0 aliphatic heterocycles. The monoisotopic (exact) mass is 275 g/mol. The van der Waals surface area contributed by atoms with E-state index in [9.17, 15) is 9.59 Å². The van der Waals surface area contributed by atoms with Crippen molar-refractivity contribution in [3.05, 3.63) is 35.4 Å². The normalized spacial score (nSPS) is 13.8. The van der Waals surface area contributed by atoms with Crippen LogP contribution in [0.2, 0.25) is 0 Å². The van der Waals surface area contributed by atoms with E-state index in [1.165, 1.54) is 0 Å². The van der Waals surface area contributed by atoms with E-state index in [2.05, 4.69) is 16.0 Å². The fourth-order valence-electron chi connectivity index (χ4n) is 1.78. The van der Waals surface area contributed by atoms with Crippen LogP contribution in [0.4, 0.5) is 0 Å². The fourth-order valence-corrected chi connectivity index (χ4v) is 1.78. The quantitative estimate of drug-likeness (QED) is 0.638. The lowest BCUT2D eigenvalue weighted by molar-refractivity contribution is -0.120. The molecule has 1 aliphatic carbocycles. The van der Waals surface area contributed by atoms with Crippen molar-refractivity contribution in [2.24, 2.45) is 0 Å². The number of hydrogen-bond donors (Lipinski definition) is 3. The van der Waals surface area contributed by atoms with Crippen molar-refractivity contribution in [2.75, 3.05) is 19.6 Å². The van der Waals surface area contributed by atoms with Crippen molar-refractivity contribution in [1.29, 1.82) is 0 Å². The van der Waals surface area contributed by atoms with E-state index in [1.54, 1.807) is 12.1 Å². The van der Waals surface area contributed by atoms with Crippen molar-refractivity contribution < 1.29 is 9.59 Å². The Hall–Kier alpha value is -1.88. The average molecular weight is 275 g/mol. The number of benzene rings is 1. The molecule has 0 spiro atoms. The van der Waals surface area contributed by atoms with Crippen LogP contribution in [0.25, 0.3) is 0 Å². The van der Waals surface area contributed by atoms with Gasteiger partial charge >= 0.3 is 0 Å². The Kier molecular flexibility index (Phi) is 5.12. The van der Waals surface area contributed by atoms with Crippen LogP contribution in [0.1, 0.15) is 28.8 Å². The summed E-state index contributed by atoms with van der Waals surface area (Å²) in [6.45, 7) is 3.37. The first-order valence-corrected chi connectivity index (χ1v) is 7.00. The van der Waals surface area contributed by atoms with Gasteiger partial charge in [-0.05, 0) is 31.9 Å². The van der Waals surface area contributed by atoms with Crippen molar-refractivity contribution >= 4 is 11.8 Å². The molecule has 20 heavy (non-hydrogen) atoms. The molecule has 1 aromatic rings. The number of carbonyl (C=O) groups excluding carboxylic acids is 2. The van der Waals surface area contributed by atoms with Gasteiger partial charge in [-0.1, -0.05) is 17.7 Å². The second kappa shape index (κ2) is 7.05. The molecule has 2 rings (SSSR count). The molecule has 1 aromatic carbocycles. The average Bonchev–Trinajstić information content (AvgIpc) is 3.22. The van der Waals surface area contributed by atoms with Crippen LogP contribution in [0.3, 0.4) is 0 Å². The highest BCUT2D eigenvalue weighted by Gasteiger charge is 2.22. The number of aryl methyl sites for hydroxylation is 1. The predicted octanol–water partition coefficient (Wildman–Crippen LogP) is 0.593. The first-order valence-electron chi connectivity index (χ1n) is 7.00. The van der Waals surface area contributed by atoms with Gasteiger partial charge in [-0.15, -0.1) is 0 Å². The molecule has 0 unspecified atom stereocenters. The van der Waals surface area contributed by atoms with E-state index in [0.717, 1.165) is 18.4 Å². The minimum Gasteiger partial charge on any atom is -0.352 e. The lowest BCUT2D eigenvalue weighted by Gasteiger charge is -2.07. The van der Waals surface area contributed by atoms with Gasteiger partial charge in [-0.3, -0.25) is 9.59 Å². The maximum Gasteiger partial charge on any atom is 0.251 e. The molecule has 108 valence electrons. The highest BCUT2D eigenvalue weighted by Crippen LogP contribution is 2.18. The zero-order chi connectivity index (χ0) is 14.4. The summed E-state index contributed by atoms with van der Waals surface area (Å²) in [4.78, 5) is 23.2. The van der Waals surface area contributed by atoms with Gasteiger partial charge in [0, 0.05) is 24.7 Å². The van der Waals surface area contributed by atoms with Gasteiger partial charge in [-0.2, -0.15) is 0 Å². The largest absolute Gasteiger partial charge is 0.352 e. The van der Waals surface area contributed by atoms with E-state index in [1.807, 2.05) is 19.1 Å². The second-order valence-electron chi connectivity index (χ2n) is 5.14. The van der Waals surface area contributed by atoms with Crippen LogP contribution in [0.5, 0.6) is 0 Å².